The van der Waals surface area contributed by atoms with E-state index in [1.54, 1.807) is 4.90 Å². The first kappa shape index (κ1) is 12.4. The second-order valence-corrected chi connectivity index (χ2v) is 6.30. The number of ether oxygens (including phenoxy) is 1. The molecule has 0 unspecified atom stereocenters. The Bertz CT molecular complexity index is 338. The normalized spacial score (nSPS) is 25.0. The van der Waals surface area contributed by atoms with E-state index in [9.17, 15) is 13.2 Å². The molecule has 1 saturated heterocycles. The van der Waals surface area contributed by atoms with E-state index in [0.29, 0.717) is 19.7 Å². The quantitative estimate of drug-likeness (QED) is 0.657. The van der Waals surface area contributed by atoms with Gasteiger partial charge in [0.25, 0.3) is 0 Å². The van der Waals surface area contributed by atoms with Gasteiger partial charge in [-0.25, -0.2) is 8.42 Å². The number of hydrogen-bond acceptors (Lipinski definition) is 4. The molecule has 0 saturated carbocycles. The number of sulfone groups is 1. The number of hydrogen-bond donors (Lipinski definition) is 0. The Morgan fingerprint density at radius 1 is 1.53 bits per heavy atom. The first-order valence-electron chi connectivity index (χ1n) is 4.91. The molecule has 1 fully saturated rings. The Balaban J connectivity index is 2.68. The van der Waals surface area contributed by atoms with Crippen LogP contribution in [0.4, 0.5) is 0 Å². The van der Waals surface area contributed by atoms with E-state index in [-0.39, 0.29) is 12.0 Å². The van der Waals surface area contributed by atoms with Crippen LogP contribution in [0.2, 0.25) is 0 Å². The van der Waals surface area contributed by atoms with E-state index in [4.69, 9.17) is 4.74 Å². The fourth-order valence-electron chi connectivity index (χ4n) is 1.46. The van der Waals surface area contributed by atoms with Gasteiger partial charge in [0, 0.05) is 19.3 Å². The Kier molecular flexibility index (Phi) is 3.72. The number of morpholine rings is 1. The summed E-state index contributed by atoms with van der Waals surface area (Å²) < 4.78 is 27.7. The molecule has 1 aliphatic heterocycles. The third-order valence-electron chi connectivity index (χ3n) is 2.54. The molecule has 0 aliphatic carbocycles. The molecule has 5 nitrogen and oxygen atoms in total. The molecule has 6 heteroatoms. The second kappa shape index (κ2) is 4.49. The number of carbonyl (C=O) groups is 1. The highest BCUT2D eigenvalue weighted by atomic mass is 32.2. The molecule has 1 aliphatic rings. The summed E-state index contributed by atoms with van der Waals surface area (Å²) in [5.41, 5.74) is 0. The number of rotatable bonds is 2. The third-order valence-corrected chi connectivity index (χ3v) is 4.03. The van der Waals surface area contributed by atoms with E-state index in [0.717, 1.165) is 6.26 Å². The van der Waals surface area contributed by atoms with Crippen LogP contribution in [0.25, 0.3) is 0 Å². The fourth-order valence-corrected chi connectivity index (χ4v) is 1.97. The largest absolute Gasteiger partial charge is 0.375 e. The third kappa shape index (κ3) is 3.17. The molecule has 88 valence electrons. The van der Waals surface area contributed by atoms with E-state index >= 15 is 0 Å². The maximum absolute atomic E-state index is 11.8. The minimum Gasteiger partial charge on any atom is -0.375 e. The molecule has 0 aromatic rings. The van der Waals surface area contributed by atoms with E-state index in [2.05, 4.69) is 0 Å². The van der Waals surface area contributed by atoms with Gasteiger partial charge < -0.3 is 9.64 Å². The van der Waals surface area contributed by atoms with E-state index < -0.39 is 15.1 Å². The smallest absolute Gasteiger partial charge is 0.240 e. The topological polar surface area (TPSA) is 63.7 Å². The van der Waals surface area contributed by atoms with E-state index in [1.165, 1.54) is 6.92 Å². The molecular weight excluding hydrogens is 218 g/mol. The average molecular weight is 235 g/mol. The van der Waals surface area contributed by atoms with Gasteiger partial charge in [-0.1, -0.05) is 0 Å². The van der Waals surface area contributed by atoms with Crippen molar-refractivity contribution in [2.45, 2.75) is 25.2 Å². The fraction of sp³-hybridized carbons (Fsp3) is 0.889. The summed E-state index contributed by atoms with van der Waals surface area (Å²) in [5.74, 6) is -0.326. The van der Waals surface area contributed by atoms with Crippen LogP contribution in [0.1, 0.15) is 13.8 Å². The van der Waals surface area contributed by atoms with Crippen molar-refractivity contribution >= 4 is 15.7 Å². The zero-order valence-corrected chi connectivity index (χ0v) is 10.1. The number of amides is 1. The van der Waals surface area contributed by atoms with Crippen molar-refractivity contribution in [2.75, 3.05) is 26.0 Å². The van der Waals surface area contributed by atoms with Gasteiger partial charge >= 0.3 is 0 Å². The Morgan fingerprint density at radius 3 is 2.60 bits per heavy atom. The first-order chi connectivity index (χ1) is 6.82. The van der Waals surface area contributed by atoms with Gasteiger partial charge in [0.1, 0.15) is 5.25 Å². The van der Waals surface area contributed by atoms with Crippen molar-refractivity contribution in [3.8, 4) is 0 Å². The standard InChI is InChI=1S/C9H17NO4S/c1-7-6-10(4-5-14-7)9(11)8(2)15(3,12)13/h7-8H,4-6H2,1-3H3/t7-,8+/m1/s1. The van der Waals surface area contributed by atoms with E-state index in [1.807, 2.05) is 6.92 Å². The van der Waals surface area contributed by atoms with Gasteiger partial charge in [-0.2, -0.15) is 0 Å². The van der Waals surface area contributed by atoms with Crippen molar-refractivity contribution in [2.24, 2.45) is 0 Å². The van der Waals surface area contributed by atoms with Crippen LogP contribution in [0.5, 0.6) is 0 Å². The van der Waals surface area contributed by atoms with Crippen molar-refractivity contribution in [1.29, 1.82) is 0 Å². The van der Waals surface area contributed by atoms with Crippen LogP contribution in [0, 0.1) is 0 Å². The highest BCUT2D eigenvalue weighted by Gasteiger charge is 2.30. The van der Waals surface area contributed by atoms with Gasteiger partial charge in [-0.05, 0) is 13.8 Å². The SMILES string of the molecule is C[C@@H]1CN(C(=O)[C@H](C)S(C)(=O)=O)CCO1. The van der Waals surface area contributed by atoms with Crippen molar-refractivity contribution in [3.05, 3.63) is 0 Å². The zero-order chi connectivity index (χ0) is 11.6. The van der Waals surface area contributed by atoms with Crippen LogP contribution in [-0.4, -0.2) is 56.5 Å². The average Bonchev–Trinajstić information content (AvgIpc) is 2.14. The second-order valence-electron chi connectivity index (χ2n) is 3.94. The van der Waals surface area contributed by atoms with Crippen LogP contribution in [0.3, 0.4) is 0 Å². The molecule has 1 amide bonds. The Labute approximate surface area is 90.3 Å². The van der Waals surface area contributed by atoms with Crippen LogP contribution in [-0.2, 0) is 19.4 Å². The van der Waals surface area contributed by atoms with Crippen molar-refractivity contribution in [1.82, 2.24) is 4.90 Å². The van der Waals surface area contributed by atoms with Gasteiger partial charge in [-0.15, -0.1) is 0 Å². The van der Waals surface area contributed by atoms with Crippen LogP contribution >= 0.6 is 0 Å². The highest BCUT2D eigenvalue weighted by Crippen LogP contribution is 2.09. The zero-order valence-electron chi connectivity index (χ0n) is 9.26. The minimum absolute atomic E-state index is 0.0190. The molecule has 0 aromatic heterocycles. The monoisotopic (exact) mass is 235 g/mol. The molecule has 0 N–H and O–H groups in total. The molecular formula is C9H17NO4S. The lowest BCUT2D eigenvalue weighted by Crippen LogP contribution is -2.49. The van der Waals surface area contributed by atoms with Gasteiger partial charge in [0.05, 0.1) is 12.7 Å². The molecule has 0 bridgehead atoms. The molecule has 15 heavy (non-hydrogen) atoms. The Hall–Kier alpha value is -0.620. The summed E-state index contributed by atoms with van der Waals surface area (Å²) >= 11 is 0. The van der Waals surface area contributed by atoms with Crippen LogP contribution in [0.15, 0.2) is 0 Å². The maximum Gasteiger partial charge on any atom is 0.240 e. The lowest BCUT2D eigenvalue weighted by atomic mass is 10.3. The molecule has 0 radical (unpaired) electrons. The summed E-state index contributed by atoms with van der Waals surface area (Å²) in [7, 11) is -3.30. The lowest BCUT2D eigenvalue weighted by molar-refractivity contribution is -0.137. The van der Waals surface area contributed by atoms with Gasteiger partial charge in [0.2, 0.25) is 5.91 Å². The predicted molar refractivity (Wildman–Crippen MR) is 56.3 cm³/mol. The molecule has 0 spiro atoms. The predicted octanol–water partition coefficient (Wildman–Crippen LogP) is -0.333. The molecule has 1 rings (SSSR count). The molecule has 2 atom stereocenters. The maximum atomic E-state index is 11.8. The summed E-state index contributed by atoms with van der Waals surface area (Å²) in [6.45, 7) is 4.72. The van der Waals surface area contributed by atoms with Crippen LogP contribution < -0.4 is 0 Å². The molecule has 1 heterocycles. The summed E-state index contributed by atoms with van der Waals surface area (Å²) in [5, 5.41) is -0.956. The first-order valence-corrected chi connectivity index (χ1v) is 6.87. The molecule has 0 aromatic carbocycles. The summed E-state index contributed by atoms with van der Waals surface area (Å²) in [4.78, 5) is 13.3. The highest BCUT2D eigenvalue weighted by molar-refractivity contribution is 7.92. The lowest BCUT2D eigenvalue weighted by Gasteiger charge is -2.32. The number of nitrogens with zero attached hydrogens (tertiary/aromatic N) is 1. The summed E-state index contributed by atoms with van der Waals surface area (Å²) in [6, 6.07) is 0. The Morgan fingerprint density at radius 2 is 2.13 bits per heavy atom. The van der Waals surface area contributed by atoms with Gasteiger partial charge in [0.15, 0.2) is 9.84 Å². The van der Waals surface area contributed by atoms with Crippen molar-refractivity contribution in [3.63, 3.8) is 0 Å². The number of carbonyl (C=O) groups excluding carboxylic acids is 1. The van der Waals surface area contributed by atoms with Crippen molar-refractivity contribution < 1.29 is 17.9 Å². The van der Waals surface area contributed by atoms with Gasteiger partial charge in [-0.3, -0.25) is 4.79 Å². The summed E-state index contributed by atoms with van der Waals surface area (Å²) in [6.07, 6.45) is 1.06. The minimum atomic E-state index is -3.30.